The highest BCUT2D eigenvalue weighted by atomic mass is 35.5. The highest BCUT2D eigenvalue weighted by molar-refractivity contribution is 6.33. The van der Waals surface area contributed by atoms with Crippen molar-refractivity contribution in [3.63, 3.8) is 0 Å². The Hall–Kier alpha value is -1.42. The second-order valence-electron chi connectivity index (χ2n) is 5.26. The number of carbonyl (C=O) groups is 1. The molecular weight excluding hydrogens is 264 g/mol. The van der Waals surface area contributed by atoms with Crippen molar-refractivity contribution < 1.29 is 9.90 Å². The lowest BCUT2D eigenvalue weighted by atomic mass is 10.1. The predicted octanol–water partition coefficient (Wildman–Crippen LogP) is 3.32. The largest absolute Gasteiger partial charge is 0.465 e. The monoisotopic (exact) mass is 280 g/mol. The molecule has 0 aliphatic carbocycles. The van der Waals surface area contributed by atoms with E-state index >= 15 is 0 Å². The minimum Gasteiger partial charge on any atom is -0.465 e. The molecule has 1 N–H and O–H groups in total. The summed E-state index contributed by atoms with van der Waals surface area (Å²) in [4.78, 5) is 14.8. The van der Waals surface area contributed by atoms with Crippen LogP contribution in [-0.4, -0.2) is 29.2 Å². The first-order chi connectivity index (χ1) is 9.15. The van der Waals surface area contributed by atoms with Gasteiger partial charge in [-0.05, 0) is 42.5 Å². The van der Waals surface area contributed by atoms with Gasteiger partial charge in [-0.3, -0.25) is 4.90 Å². The molecule has 4 nitrogen and oxygen atoms in total. The van der Waals surface area contributed by atoms with Gasteiger partial charge in [-0.2, -0.15) is 0 Å². The number of piperidine rings is 1. The average molecular weight is 281 g/mol. The molecule has 1 saturated heterocycles. The third kappa shape index (κ3) is 2.37. The fourth-order valence-corrected chi connectivity index (χ4v) is 3.23. The van der Waals surface area contributed by atoms with Gasteiger partial charge in [0.2, 0.25) is 0 Å². The van der Waals surface area contributed by atoms with E-state index in [1.165, 1.54) is 24.2 Å². The Kier molecular flexibility index (Phi) is 3.27. The van der Waals surface area contributed by atoms with Crippen molar-refractivity contribution in [3.05, 3.63) is 28.3 Å². The van der Waals surface area contributed by atoms with Gasteiger partial charge in [0.25, 0.3) is 0 Å². The first-order valence-corrected chi connectivity index (χ1v) is 7.07. The summed E-state index contributed by atoms with van der Waals surface area (Å²) in [5.41, 5.74) is 3.19. The lowest BCUT2D eigenvalue weighted by Gasteiger charge is -2.30. The maximum Gasteiger partial charge on any atom is 0.407 e. The Morgan fingerprint density at radius 3 is 2.37 bits per heavy atom. The Morgan fingerprint density at radius 1 is 1.11 bits per heavy atom. The fraction of sp³-hybridized carbons (Fsp3) is 0.500. The molecule has 5 heteroatoms. The minimum atomic E-state index is -0.869. The zero-order valence-electron chi connectivity index (χ0n) is 10.7. The second-order valence-corrected chi connectivity index (χ2v) is 5.67. The van der Waals surface area contributed by atoms with E-state index in [2.05, 4.69) is 11.0 Å². The molecule has 2 heterocycles. The number of hydrogen-bond donors (Lipinski definition) is 1. The van der Waals surface area contributed by atoms with Crippen LogP contribution in [0.2, 0.25) is 5.02 Å². The standard InChI is InChI=1S/C14H17ClN2O2/c15-12-6-10-8-17(14(18)19)9-11(10)7-13(12)16-4-2-1-3-5-16/h6-7H,1-5,8-9H2,(H,18,19). The van der Waals surface area contributed by atoms with E-state index in [1.54, 1.807) is 0 Å². The number of benzene rings is 1. The number of anilines is 1. The molecule has 102 valence electrons. The van der Waals surface area contributed by atoms with Gasteiger partial charge in [0.1, 0.15) is 0 Å². The third-order valence-electron chi connectivity index (χ3n) is 3.96. The molecule has 2 aliphatic heterocycles. The molecule has 0 spiro atoms. The molecule has 2 aliphatic rings. The smallest absolute Gasteiger partial charge is 0.407 e. The van der Waals surface area contributed by atoms with E-state index in [0.29, 0.717) is 13.1 Å². The summed E-state index contributed by atoms with van der Waals surface area (Å²) in [7, 11) is 0. The van der Waals surface area contributed by atoms with Crippen molar-refractivity contribution in [2.24, 2.45) is 0 Å². The van der Waals surface area contributed by atoms with E-state index < -0.39 is 6.09 Å². The van der Waals surface area contributed by atoms with Gasteiger partial charge in [0.15, 0.2) is 0 Å². The highest BCUT2D eigenvalue weighted by Gasteiger charge is 2.25. The molecule has 3 rings (SSSR count). The Labute approximate surface area is 117 Å². The Balaban J connectivity index is 1.88. The Morgan fingerprint density at radius 2 is 1.74 bits per heavy atom. The summed E-state index contributed by atoms with van der Waals surface area (Å²) < 4.78 is 0. The van der Waals surface area contributed by atoms with Crippen LogP contribution in [0.5, 0.6) is 0 Å². The van der Waals surface area contributed by atoms with E-state index in [9.17, 15) is 4.79 Å². The summed E-state index contributed by atoms with van der Waals surface area (Å²) in [6.45, 7) is 3.01. The van der Waals surface area contributed by atoms with Crippen LogP contribution < -0.4 is 4.90 Å². The number of amides is 1. The van der Waals surface area contributed by atoms with Crippen molar-refractivity contribution in [1.82, 2.24) is 4.90 Å². The highest BCUT2D eigenvalue weighted by Crippen LogP contribution is 2.35. The van der Waals surface area contributed by atoms with Crippen molar-refractivity contribution in [1.29, 1.82) is 0 Å². The van der Waals surface area contributed by atoms with Crippen LogP contribution in [-0.2, 0) is 13.1 Å². The zero-order valence-corrected chi connectivity index (χ0v) is 11.5. The summed E-state index contributed by atoms with van der Waals surface area (Å²) >= 11 is 6.36. The number of halogens is 1. The van der Waals surface area contributed by atoms with Crippen LogP contribution in [0.3, 0.4) is 0 Å². The van der Waals surface area contributed by atoms with E-state index in [0.717, 1.165) is 34.9 Å². The van der Waals surface area contributed by atoms with Gasteiger partial charge in [0.05, 0.1) is 10.7 Å². The molecule has 1 aromatic rings. The lowest BCUT2D eigenvalue weighted by molar-refractivity contribution is 0.145. The molecule has 0 unspecified atom stereocenters. The molecule has 0 atom stereocenters. The second kappa shape index (κ2) is 4.93. The van der Waals surface area contributed by atoms with Crippen LogP contribution in [0.4, 0.5) is 10.5 Å². The van der Waals surface area contributed by atoms with Crippen molar-refractivity contribution in [2.45, 2.75) is 32.4 Å². The molecule has 1 fully saturated rings. The predicted molar refractivity (Wildman–Crippen MR) is 74.8 cm³/mol. The number of carboxylic acid groups (broad SMARTS) is 1. The van der Waals surface area contributed by atoms with Crippen LogP contribution in [0.15, 0.2) is 12.1 Å². The van der Waals surface area contributed by atoms with Crippen LogP contribution >= 0.6 is 11.6 Å². The van der Waals surface area contributed by atoms with Crippen LogP contribution in [0, 0.1) is 0 Å². The average Bonchev–Trinajstić information content (AvgIpc) is 2.82. The summed E-state index contributed by atoms with van der Waals surface area (Å²) in [6, 6.07) is 4.01. The van der Waals surface area contributed by atoms with E-state index in [4.69, 9.17) is 16.7 Å². The normalized spacial score (nSPS) is 18.6. The first-order valence-electron chi connectivity index (χ1n) is 6.69. The van der Waals surface area contributed by atoms with Crippen LogP contribution in [0.1, 0.15) is 30.4 Å². The molecule has 0 aromatic heterocycles. The molecule has 0 bridgehead atoms. The van der Waals surface area contributed by atoms with Gasteiger partial charge < -0.3 is 10.0 Å². The molecule has 1 aromatic carbocycles. The van der Waals surface area contributed by atoms with Crippen molar-refractivity contribution >= 4 is 23.4 Å². The maximum absolute atomic E-state index is 11.0. The molecule has 0 saturated carbocycles. The van der Waals surface area contributed by atoms with Crippen molar-refractivity contribution in [2.75, 3.05) is 18.0 Å². The number of nitrogens with zero attached hydrogens (tertiary/aromatic N) is 2. The summed E-state index contributed by atoms with van der Waals surface area (Å²) in [5, 5.41) is 9.80. The van der Waals surface area contributed by atoms with Gasteiger partial charge in [0, 0.05) is 26.2 Å². The van der Waals surface area contributed by atoms with Crippen molar-refractivity contribution in [3.8, 4) is 0 Å². The van der Waals surface area contributed by atoms with Crippen LogP contribution in [0.25, 0.3) is 0 Å². The third-order valence-corrected chi connectivity index (χ3v) is 4.26. The van der Waals surface area contributed by atoms with E-state index in [-0.39, 0.29) is 0 Å². The minimum absolute atomic E-state index is 0.449. The quantitative estimate of drug-likeness (QED) is 0.858. The van der Waals surface area contributed by atoms with Gasteiger partial charge in [-0.1, -0.05) is 11.6 Å². The molecular formula is C14H17ClN2O2. The lowest BCUT2D eigenvalue weighted by Crippen LogP contribution is -2.29. The van der Waals surface area contributed by atoms with Gasteiger partial charge >= 0.3 is 6.09 Å². The van der Waals surface area contributed by atoms with Gasteiger partial charge in [-0.25, -0.2) is 4.79 Å². The first kappa shape index (κ1) is 12.6. The fourth-order valence-electron chi connectivity index (χ4n) is 2.92. The zero-order chi connectivity index (χ0) is 13.4. The maximum atomic E-state index is 11.0. The number of fused-ring (bicyclic) bond motifs is 1. The topological polar surface area (TPSA) is 43.8 Å². The summed E-state index contributed by atoms with van der Waals surface area (Å²) in [5.74, 6) is 0. The number of rotatable bonds is 1. The molecule has 19 heavy (non-hydrogen) atoms. The number of hydrogen-bond acceptors (Lipinski definition) is 2. The summed E-state index contributed by atoms with van der Waals surface area (Å²) in [6.07, 6.45) is 2.82. The van der Waals surface area contributed by atoms with Gasteiger partial charge in [-0.15, -0.1) is 0 Å². The SMILES string of the molecule is O=C(O)N1Cc2cc(Cl)c(N3CCCCC3)cc2C1. The van der Waals surface area contributed by atoms with E-state index in [1.807, 2.05) is 6.07 Å². The Bertz CT molecular complexity index is 512. The molecule has 0 radical (unpaired) electrons. The molecule has 1 amide bonds.